The Morgan fingerprint density at radius 3 is 2.80 bits per heavy atom. The van der Waals surface area contributed by atoms with Crippen LogP contribution in [-0.4, -0.2) is 5.11 Å². The zero-order chi connectivity index (χ0) is 11.4. The third-order valence-electron chi connectivity index (χ3n) is 2.31. The van der Waals surface area contributed by atoms with Crippen molar-refractivity contribution < 1.29 is 9.50 Å². The lowest BCUT2D eigenvalue weighted by Gasteiger charge is -2.12. The third-order valence-corrected chi connectivity index (χ3v) is 2.62. The van der Waals surface area contributed by atoms with Crippen LogP contribution in [0.15, 0.2) is 30.4 Å². The van der Waals surface area contributed by atoms with Crippen LogP contribution in [0.1, 0.15) is 31.4 Å². The Morgan fingerprint density at radius 1 is 1.60 bits per heavy atom. The van der Waals surface area contributed by atoms with Crippen molar-refractivity contribution >= 4 is 11.6 Å². The van der Waals surface area contributed by atoms with Crippen molar-refractivity contribution in [3.63, 3.8) is 0 Å². The molecule has 0 saturated heterocycles. The van der Waals surface area contributed by atoms with E-state index < -0.39 is 11.9 Å². The molecule has 1 nitrogen and oxygen atoms in total. The highest BCUT2D eigenvalue weighted by Gasteiger charge is 2.10. The summed E-state index contributed by atoms with van der Waals surface area (Å²) in [5.74, 6) is -0.504. The van der Waals surface area contributed by atoms with E-state index in [9.17, 15) is 9.50 Å². The molecule has 0 fully saturated rings. The molecular weight excluding hydrogens is 215 g/mol. The van der Waals surface area contributed by atoms with Gasteiger partial charge < -0.3 is 5.11 Å². The van der Waals surface area contributed by atoms with Gasteiger partial charge in [0.1, 0.15) is 5.82 Å². The minimum absolute atomic E-state index is 0.0697. The molecule has 0 bridgehead atoms. The number of halogens is 2. The van der Waals surface area contributed by atoms with Gasteiger partial charge in [-0.05, 0) is 30.5 Å². The number of hydrogen-bond donors (Lipinski definition) is 1. The summed E-state index contributed by atoms with van der Waals surface area (Å²) in [6.45, 7) is 5.77. The van der Waals surface area contributed by atoms with E-state index in [0.717, 1.165) is 12.0 Å². The predicted octanol–water partition coefficient (Wildman–Crippen LogP) is 3.87. The van der Waals surface area contributed by atoms with Gasteiger partial charge in [0.2, 0.25) is 0 Å². The van der Waals surface area contributed by atoms with Gasteiger partial charge in [-0.1, -0.05) is 36.7 Å². The standard InChI is InChI=1S/C12H14ClFO/c1-3-8(2)6-12(15)9-4-5-10(13)11(14)7-9/h4-5,7,12,15H,2-3,6H2,1H3. The number of aliphatic hydroxyl groups is 1. The highest BCUT2D eigenvalue weighted by atomic mass is 35.5. The summed E-state index contributed by atoms with van der Waals surface area (Å²) in [7, 11) is 0. The SMILES string of the molecule is C=C(CC)CC(O)c1ccc(Cl)c(F)c1. The normalized spacial score (nSPS) is 12.5. The maximum absolute atomic E-state index is 13.1. The van der Waals surface area contributed by atoms with E-state index in [1.54, 1.807) is 6.07 Å². The van der Waals surface area contributed by atoms with Crippen LogP contribution in [0.2, 0.25) is 5.02 Å². The fourth-order valence-corrected chi connectivity index (χ4v) is 1.37. The number of aliphatic hydroxyl groups excluding tert-OH is 1. The average Bonchev–Trinajstić information content (AvgIpc) is 2.21. The molecular formula is C12H14ClFO. The molecule has 0 radical (unpaired) electrons. The number of hydrogen-bond acceptors (Lipinski definition) is 1. The minimum Gasteiger partial charge on any atom is -0.388 e. The summed E-state index contributed by atoms with van der Waals surface area (Å²) in [6, 6.07) is 4.33. The first-order chi connectivity index (χ1) is 7.04. The molecule has 0 heterocycles. The first-order valence-electron chi connectivity index (χ1n) is 4.84. The highest BCUT2D eigenvalue weighted by molar-refractivity contribution is 6.30. The van der Waals surface area contributed by atoms with Crippen LogP contribution in [0, 0.1) is 5.82 Å². The Hall–Kier alpha value is -0.860. The van der Waals surface area contributed by atoms with Crippen LogP contribution in [-0.2, 0) is 0 Å². The Labute approximate surface area is 94.2 Å². The van der Waals surface area contributed by atoms with Gasteiger partial charge in [-0.15, -0.1) is 0 Å². The Kier molecular flexibility index (Phi) is 4.30. The zero-order valence-electron chi connectivity index (χ0n) is 8.63. The van der Waals surface area contributed by atoms with Crippen molar-refractivity contribution in [1.29, 1.82) is 0 Å². The molecule has 0 aliphatic heterocycles. The second-order valence-corrected chi connectivity index (χ2v) is 3.90. The van der Waals surface area contributed by atoms with Crippen molar-refractivity contribution in [2.75, 3.05) is 0 Å². The van der Waals surface area contributed by atoms with E-state index in [0.29, 0.717) is 12.0 Å². The van der Waals surface area contributed by atoms with Crippen LogP contribution in [0.25, 0.3) is 0 Å². The molecule has 82 valence electrons. The Bertz CT molecular complexity index is 363. The van der Waals surface area contributed by atoms with Crippen LogP contribution >= 0.6 is 11.6 Å². The molecule has 3 heteroatoms. The molecule has 1 unspecified atom stereocenters. The summed E-state index contributed by atoms with van der Waals surface area (Å²) in [5.41, 5.74) is 1.48. The van der Waals surface area contributed by atoms with Gasteiger partial charge >= 0.3 is 0 Å². The van der Waals surface area contributed by atoms with E-state index in [4.69, 9.17) is 11.6 Å². The van der Waals surface area contributed by atoms with E-state index in [-0.39, 0.29) is 5.02 Å². The van der Waals surface area contributed by atoms with Gasteiger partial charge in [-0.25, -0.2) is 4.39 Å². The van der Waals surface area contributed by atoms with Gasteiger partial charge in [-0.3, -0.25) is 0 Å². The van der Waals surface area contributed by atoms with Gasteiger partial charge in [-0.2, -0.15) is 0 Å². The topological polar surface area (TPSA) is 20.2 Å². The van der Waals surface area contributed by atoms with Gasteiger partial charge in [0.25, 0.3) is 0 Å². The summed E-state index contributed by atoms with van der Waals surface area (Å²) in [4.78, 5) is 0. The van der Waals surface area contributed by atoms with Crippen LogP contribution in [0.5, 0.6) is 0 Å². The molecule has 1 rings (SSSR count). The Morgan fingerprint density at radius 2 is 2.27 bits per heavy atom. The summed E-state index contributed by atoms with van der Waals surface area (Å²) < 4.78 is 13.1. The van der Waals surface area contributed by atoms with E-state index in [1.165, 1.54) is 12.1 Å². The first-order valence-corrected chi connectivity index (χ1v) is 5.22. The predicted molar refractivity (Wildman–Crippen MR) is 60.4 cm³/mol. The molecule has 0 aliphatic carbocycles. The lowest BCUT2D eigenvalue weighted by Crippen LogP contribution is -1.99. The van der Waals surface area contributed by atoms with Crippen molar-refractivity contribution in [2.24, 2.45) is 0 Å². The largest absolute Gasteiger partial charge is 0.388 e. The monoisotopic (exact) mass is 228 g/mol. The summed E-state index contributed by atoms with van der Waals surface area (Å²) in [6.07, 6.45) is 0.564. The second kappa shape index (κ2) is 5.29. The fraction of sp³-hybridized carbons (Fsp3) is 0.333. The van der Waals surface area contributed by atoms with E-state index in [2.05, 4.69) is 6.58 Å². The Balaban J connectivity index is 2.78. The lowest BCUT2D eigenvalue weighted by molar-refractivity contribution is 0.177. The molecule has 1 atom stereocenters. The number of rotatable bonds is 4. The molecule has 0 aliphatic rings. The maximum atomic E-state index is 13.1. The first kappa shape index (κ1) is 12.2. The van der Waals surface area contributed by atoms with Gasteiger partial charge in [0.05, 0.1) is 11.1 Å². The minimum atomic E-state index is -0.704. The van der Waals surface area contributed by atoms with E-state index >= 15 is 0 Å². The number of benzene rings is 1. The molecule has 1 N–H and O–H groups in total. The van der Waals surface area contributed by atoms with E-state index in [1.807, 2.05) is 6.92 Å². The fourth-order valence-electron chi connectivity index (χ4n) is 1.26. The molecule has 0 spiro atoms. The quantitative estimate of drug-likeness (QED) is 0.776. The molecule has 1 aromatic carbocycles. The van der Waals surface area contributed by atoms with Gasteiger partial charge in [0, 0.05) is 0 Å². The van der Waals surface area contributed by atoms with Crippen molar-refractivity contribution in [1.82, 2.24) is 0 Å². The summed E-state index contributed by atoms with van der Waals surface area (Å²) in [5, 5.41) is 9.84. The zero-order valence-corrected chi connectivity index (χ0v) is 9.39. The smallest absolute Gasteiger partial charge is 0.142 e. The van der Waals surface area contributed by atoms with Gasteiger partial charge in [0.15, 0.2) is 0 Å². The maximum Gasteiger partial charge on any atom is 0.142 e. The molecule has 0 amide bonds. The summed E-state index contributed by atoms with van der Waals surface area (Å²) >= 11 is 5.54. The van der Waals surface area contributed by atoms with Crippen molar-refractivity contribution in [3.8, 4) is 0 Å². The van der Waals surface area contributed by atoms with Crippen LogP contribution < -0.4 is 0 Å². The van der Waals surface area contributed by atoms with Crippen LogP contribution in [0.3, 0.4) is 0 Å². The highest BCUT2D eigenvalue weighted by Crippen LogP contribution is 2.24. The van der Waals surface area contributed by atoms with Crippen LogP contribution in [0.4, 0.5) is 4.39 Å². The average molecular weight is 229 g/mol. The lowest BCUT2D eigenvalue weighted by atomic mass is 10.0. The molecule has 0 saturated carbocycles. The second-order valence-electron chi connectivity index (χ2n) is 3.50. The third kappa shape index (κ3) is 3.33. The molecule has 0 aromatic heterocycles. The van der Waals surface area contributed by atoms with Crippen molar-refractivity contribution in [2.45, 2.75) is 25.9 Å². The van der Waals surface area contributed by atoms with Crippen molar-refractivity contribution in [3.05, 3.63) is 46.8 Å². The molecule has 15 heavy (non-hydrogen) atoms. The molecule has 1 aromatic rings.